The third-order valence-corrected chi connectivity index (χ3v) is 1.64. The lowest BCUT2D eigenvalue weighted by atomic mass is 10.1. The summed E-state index contributed by atoms with van der Waals surface area (Å²) < 4.78 is 0. The van der Waals surface area contributed by atoms with E-state index in [2.05, 4.69) is 38.1 Å². The van der Waals surface area contributed by atoms with E-state index in [1.54, 1.807) is 0 Å². The monoisotopic (exact) mass is 154 g/mol. The summed E-state index contributed by atoms with van der Waals surface area (Å²) in [5, 5.41) is 0. The maximum absolute atomic E-state index is 2.18. The van der Waals surface area contributed by atoms with Crippen molar-refractivity contribution in [2.45, 2.75) is 20.3 Å². The second kappa shape index (κ2) is 5.89. The van der Waals surface area contributed by atoms with Crippen molar-refractivity contribution in [3.63, 3.8) is 0 Å². The van der Waals surface area contributed by atoms with Crippen LogP contribution in [0.25, 0.3) is 0 Å². The molecule has 0 saturated carbocycles. The number of benzene rings is 1. The lowest BCUT2D eigenvalue weighted by Crippen LogP contribution is -1.82. The molecule has 1 aromatic rings. The topological polar surface area (TPSA) is 70.0 Å². The minimum absolute atomic E-state index is 0. The summed E-state index contributed by atoms with van der Waals surface area (Å²) in [6.07, 6.45) is 1.15. The third-order valence-electron chi connectivity index (χ3n) is 1.64. The second-order valence-electron chi connectivity index (χ2n) is 2.28. The first-order valence-electron chi connectivity index (χ1n) is 3.39. The van der Waals surface area contributed by atoms with Crippen LogP contribution in [-0.4, -0.2) is 0 Å². The van der Waals surface area contributed by atoms with Crippen LogP contribution in [0.2, 0.25) is 0 Å². The first-order chi connectivity index (χ1) is 4.34. The molecular weight excluding hydrogens is 136 g/mol. The van der Waals surface area contributed by atoms with Gasteiger partial charge in [-0.3, -0.25) is 0 Å². The van der Waals surface area contributed by atoms with Gasteiger partial charge in [0.25, 0.3) is 0 Å². The molecule has 2 heteroatoms. The lowest BCUT2D eigenvalue weighted by Gasteiger charge is -1.98. The largest absolute Gasteiger partial charge is 0.344 e. The Kier molecular flexibility index (Phi) is 6.85. The Labute approximate surface area is 68.8 Å². The van der Waals surface area contributed by atoms with Crippen molar-refractivity contribution in [1.29, 1.82) is 0 Å². The fourth-order valence-corrected chi connectivity index (χ4v) is 1.01. The van der Waals surface area contributed by atoms with Gasteiger partial charge in [0.1, 0.15) is 0 Å². The van der Waals surface area contributed by atoms with Crippen LogP contribution in [0.3, 0.4) is 0 Å². The molecule has 1 rings (SSSR count). The van der Waals surface area contributed by atoms with Crippen molar-refractivity contribution in [3.05, 3.63) is 35.4 Å². The summed E-state index contributed by atoms with van der Waals surface area (Å²) in [6, 6.07) is 8.49. The highest BCUT2D eigenvalue weighted by molar-refractivity contribution is 5.24. The van der Waals surface area contributed by atoms with E-state index in [1.165, 1.54) is 11.1 Å². The van der Waals surface area contributed by atoms with Crippen LogP contribution < -0.4 is 12.3 Å². The maximum atomic E-state index is 2.18. The average Bonchev–Trinajstić information content (AvgIpc) is 1.89. The smallest absolute Gasteiger partial charge is 0.0305 e. The Balaban J connectivity index is 0. The van der Waals surface area contributed by atoms with Gasteiger partial charge in [-0.2, -0.15) is 0 Å². The van der Waals surface area contributed by atoms with Crippen molar-refractivity contribution in [2.24, 2.45) is 0 Å². The normalized spacial score (nSPS) is 7.82. The predicted octanol–water partition coefficient (Wildman–Crippen LogP) is 2.88. The van der Waals surface area contributed by atoms with Crippen LogP contribution in [0, 0.1) is 6.92 Å². The van der Waals surface area contributed by atoms with E-state index in [-0.39, 0.29) is 12.3 Å². The zero-order valence-electron chi connectivity index (χ0n) is 7.43. The molecule has 0 heterocycles. The molecule has 0 spiro atoms. The third kappa shape index (κ3) is 3.16. The van der Waals surface area contributed by atoms with Crippen molar-refractivity contribution in [3.8, 4) is 0 Å². The van der Waals surface area contributed by atoms with Gasteiger partial charge >= 0.3 is 0 Å². The Morgan fingerprint density at radius 3 is 2.00 bits per heavy atom. The molecule has 0 aliphatic heterocycles. The fourth-order valence-electron chi connectivity index (χ4n) is 1.01. The quantitative estimate of drug-likeness (QED) is 0.653. The van der Waals surface area contributed by atoms with Gasteiger partial charge in [0.15, 0.2) is 0 Å². The Morgan fingerprint density at radius 2 is 1.64 bits per heavy atom. The van der Waals surface area contributed by atoms with Gasteiger partial charge in [-0.05, 0) is 24.5 Å². The molecule has 0 aromatic heterocycles. The van der Waals surface area contributed by atoms with E-state index in [9.17, 15) is 0 Å². The zero-order chi connectivity index (χ0) is 6.69. The fraction of sp³-hybridized carbons (Fsp3) is 0.333. The highest BCUT2D eigenvalue weighted by Crippen LogP contribution is 2.06. The molecule has 0 radical (unpaired) electrons. The van der Waals surface area contributed by atoms with Gasteiger partial charge in [-0.1, -0.05) is 31.2 Å². The van der Waals surface area contributed by atoms with Crippen LogP contribution in [0.15, 0.2) is 24.3 Å². The molecule has 1 aromatic carbocycles. The molecule has 0 amide bonds. The van der Waals surface area contributed by atoms with Gasteiger partial charge in [-0.15, -0.1) is 0 Å². The highest BCUT2D eigenvalue weighted by atomic mass is 14.0. The lowest BCUT2D eigenvalue weighted by molar-refractivity contribution is 1.11. The summed E-state index contributed by atoms with van der Waals surface area (Å²) in [7, 11) is 0. The van der Waals surface area contributed by atoms with Gasteiger partial charge in [0, 0.05) is 0 Å². The van der Waals surface area contributed by atoms with E-state index in [4.69, 9.17) is 0 Å². The van der Waals surface area contributed by atoms with E-state index >= 15 is 0 Å². The molecule has 6 N–H and O–H groups in total. The number of hydrogen-bond acceptors (Lipinski definition) is 2. The van der Waals surface area contributed by atoms with E-state index in [0.29, 0.717) is 0 Å². The van der Waals surface area contributed by atoms with Crippen molar-refractivity contribution < 1.29 is 0 Å². The standard InChI is InChI=1S/C9H12.2H3N/c1-3-9-7-5-4-6-8(9)2;;/h4-7H,3H2,1-2H3;2*1H3. The van der Waals surface area contributed by atoms with Crippen LogP contribution in [0.1, 0.15) is 18.1 Å². The summed E-state index contributed by atoms with van der Waals surface area (Å²) in [6.45, 7) is 4.33. The molecule has 0 fully saturated rings. The molecule has 0 atom stereocenters. The molecule has 0 unspecified atom stereocenters. The van der Waals surface area contributed by atoms with Gasteiger partial charge in [0.05, 0.1) is 0 Å². The van der Waals surface area contributed by atoms with E-state index in [0.717, 1.165) is 6.42 Å². The Bertz CT molecular complexity index is 197. The first-order valence-corrected chi connectivity index (χ1v) is 3.39. The van der Waals surface area contributed by atoms with Gasteiger partial charge in [0.2, 0.25) is 0 Å². The van der Waals surface area contributed by atoms with Crippen molar-refractivity contribution in [2.75, 3.05) is 0 Å². The van der Waals surface area contributed by atoms with Crippen LogP contribution in [0.4, 0.5) is 0 Å². The van der Waals surface area contributed by atoms with E-state index in [1.807, 2.05) is 0 Å². The summed E-state index contributed by atoms with van der Waals surface area (Å²) in [5.41, 5.74) is 2.86. The zero-order valence-corrected chi connectivity index (χ0v) is 7.43. The molecule has 2 nitrogen and oxygen atoms in total. The van der Waals surface area contributed by atoms with Gasteiger partial charge < -0.3 is 12.3 Å². The van der Waals surface area contributed by atoms with Crippen LogP contribution in [0.5, 0.6) is 0 Å². The summed E-state index contributed by atoms with van der Waals surface area (Å²) in [5.74, 6) is 0. The second-order valence-corrected chi connectivity index (χ2v) is 2.28. The molecule has 0 aliphatic rings. The highest BCUT2D eigenvalue weighted by Gasteiger charge is 1.89. The Hall–Kier alpha value is -0.860. The SMILES string of the molecule is CCc1ccccc1C.N.N. The van der Waals surface area contributed by atoms with E-state index < -0.39 is 0 Å². The van der Waals surface area contributed by atoms with Crippen LogP contribution in [-0.2, 0) is 6.42 Å². The average molecular weight is 154 g/mol. The molecule has 0 bridgehead atoms. The molecule has 11 heavy (non-hydrogen) atoms. The molecular formula is C9H18N2. The van der Waals surface area contributed by atoms with Crippen molar-refractivity contribution >= 4 is 0 Å². The molecule has 0 saturated heterocycles. The first kappa shape index (κ1) is 12.8. The minimum atomic E-state index is 0. The number of rotatable bonds is 1. The predicted molar refractivity (Wildman–Crippen MR) is 50.6 cm³/mol. The number of aryl methyl sites for hydroxylation is 2. The van der Waals surface area contributed by atoms with Crippen LogP contribution >= 0.6 is 0 Å². The summed E-state index contributed by atoms with van der Waals surface area (Å²) in [4.78, 5) is 0. The summed E-state index contributed by atoms with van der Waals surface area (Å²) >= 11 is 0. The molecule has 0 aliphatic carbocycles. The minimum Gasteiger partial charge on any atom is -0.344 e. The van der Waals surface area contributed by atoms with Gasteiger partial charge in [-0.25, -0.2) is 0 Å². The number of hydrogen-bond donors (Lipinski definition) is 2. The Morgan fingerprint density at radius 1 is 1.09 bits per heavy atom. The van der Waals surface area contributed by atoms with Crippen molar-refractivity contribution in [1.82, 2.24) is 12.3 Å². The maximum Gasteiger partial charge on any atom is -0.0305 e. The molecule has 64 valence electrons.